The lowest BCUT2D eigenvalue weighted by Gasteiger charge is -2.01. The van der Waals surface area contributed by atoms with Crippen molar-refractivity contribution >= 4 is 27.9 Å². The summed E-state index contributed by atoms with van der Waals surface area (Å²) in [5, 5.41) is 0. The van der Waals surface area contributed by atoms with E-state index in [0.29, 0.717) is 0 Å². The van der Waals surface area contributed by atoms with E-state index in [0.717, 1.165) is 4.47 Å². The highest BCUT2D eigenvalue weighted by Crippen LogP contribution is 2.21. The van der Waals surface area contributed by atoms with Crippen LogP contribution in [0.15, 0.2) is 27.6 Å². The molecule has 1 aromatic rings. The van der Waals surface area contributed by atoms with Gasteiger partial charge in [-0.1, -0.05) is 15.9 Å². The molecule has 1 nitrogen and oxygen atoms in total. The van der Waals surface area contributed by atoms with Crippen LogP contribution >= 0.6 is 27.9 Å². The normalized spacial score (nSPS) is 10.1. The van der Waals surface area contributed by atoms with E-state index in [1.54, 1.807) is 11.9 Å². The second kappa shape index (κ2) is 4.14. The molecule has 0 aromatic heterocycles. The molecular formula is C8H10BrNS. The summed E-state index contributed by atoms with van der Waals surface area (Å²) in [6.45, 7) is 2.09. The predicted molar refractivity (Wildman–Crippen MR) is 53.8 cm³/mol. The van der Waals surface area contributed by atoms with Gasteiger partial charge in [0.15, 0.2) is 0 Å². The van der Waals surface area contributed by atoms with E-state index in [-0.39, 0.29) is 0 Å². The minimum atomic E-state index is 1.16. The molecule has 0 aliphatic heterocycles. The number of hydrogen-bond donors (Lipinski definition) is 1. The van der Waals surface area contributed by atoms with Crippen LogP contribution in [-0.2, 0) is 0 Å². The first-order valence-electron chi connectivity index (χ1n) is 3.34. The maximum atomic E-state index is 3.45. The van der Waals surface area contributed by atoms with E-state index in [9.17, 15) is 0 Å². The third kappa shape index (κ3) is 2.51. The largest absolute Gasteiger partial charge is 0.263 e. The lowest BCUT2D eigenvalue weighted by Crippen LogP contribution is -1.90. The highest BCUT2D eigenvalue weighted by molar-refractivity contribution is 9.10. The summed E-state index contributed by atoms with van der Waals surface area (Å²) in [5.74, 6) is 0. The van der Waals surface area contributed by atoms with Gasteiger partial charge in [-0.25, -0.2) is 0 Å². The van der Waals surface area contributed by atoms with Gasteiger partial charge in [-0.05, 0) is 49.7 Å². The fraction of sp³-hybridized carbons (Fsp3) is 0.250. The fourth-order valence-electron chi connectivity index (χ4n) is 0.799. The van der Waals surface area contributed by atoms with Gasteiger partial charge in [0.05, 0.1) is 0 Å². The molecule has 0 bridgehead atoms. The van der Waals surface area contributed by atoms with Gasteiger partial charge in [0.1, 0.15) is 0 Å². The van der Waals surface area contributed by atoms with Gasteiger partial charge in [-0.15, -0.1) is 0 Å². The predicted octanol–water partition coefficient (Wildman–Crippen LogP) is 2.98. The average molecular weight is 232 g/mol. The number of nitrogens with one attached hydrogen (secondary N) is 1. The maximum absolute atomic E-state index is 3.45. The molecule has 11 heavy (non-hydrogen) atoms. The molecule has 0 radical (unpaired) electrons. The van der Waals surface area contributed by atoms with Crippen LogP contribution in [0.4, 0.5) is 0 Å². The topological polar surface area (TPSA) is 12.0 Å². The highest BCUT2D eigenvalue weighted by atomic mass is 79.9. The van der Waals surface area contributed by atoms with Crippen molar-refractivity contribution in [3.05, 3.63) is 28.2 Å². The Morgan fingerprint density at radius 1 is 1.45 bits per heavy atom. The van der Waals surface area contributed by atoms with Crippen molar-refractivity contribution in [2.24, 2.45) is 0 Å². The molecule has 1 N–H and O–H groups in total. The zero-order valence-electron chi connectivity index (χ0n) is 6.52. The van der Waals surface area contributed by atoms with Gasteiger partial charge in [0.25, 0.3) is 0 Å². The summed E-state index contributed by atoms with van der Waals surface area (Å²) in [4.78, 5) is 1.24. The van der Waals surface area contributed by atoms with Gasteiger partial charge in [-0.3, -0.25) is 4.72 Å². The summed E-state index contributed by atoms with van der Waals surface area (Å²) >= 11 is 5.08. The number of halogens is 1. The van der Waals surface area contributed by atoms with Gasteiger partial charge in [-0.2, -0.15) is 0 Å². The molecule has 0 atom stereocenters. The Hall–Kier alpha value is 0.01000. The molecule has 0 amide bonds. The molecule has 0 spiro atoms. The molecule has 60 valence electrons. The third-order valence-electron chi connectivity index (χ3n) is 1.35. The Balaban J connectivity index is 2.86. The number of aryl methyl sites for hydroxylation is 1. The Kier molecular flexibility index (Phi) is 3.43. The molecule has 1 rings (SSSR count). The molecule has 0 fully saturated rings. The van der Waals surface area contributed by atoms with Crippen molar-refractivity contribution in [2.45, 2.75) is 11.8 Å². The van der Waals surface area contributed by atoms with Crippen LogP contribution in [0.1, 0.15) is 5.56 Å². The minimum Gasteiger partial charge on any atom is -0.263 e. The molecular weight excluding hydrogens is 222 g/mol. The van der Waals surface area contributed by atoms with Crippen molar-refractivity contribution in [1.29, 1.82) is 0 Å². The smallest absolute Gasteiger partial charge is 0.0231 e. The van der Waals surface area contributed by atoms with Crippen molar-refractivity contribution in [2.75, 3.05) is 7.05 Å². The highest BCUT2D eigenvalue weighted by Gasteiger charge is 1.95. The fourth-order valence-corrected chi connectivity index (χ4v) is 1.65. The summed E-state index contributed by atoms with van der Waals surface area (Å²) in [5.41, 5.74) is 1.27. The zero-order chi connectivity index (χ0) is 8.27. The first-order chi connectivity index (χ1) is 5.24. The number of benzene rings is 1. The van der Waals surface area contributed by atoms with Gasteiger partial charge < -0.3 is 0 Å². The van der Waals surface area contributed by atoms with Crippen molar-refractivity contribution in [3.8, 4) is 0 Å². The van der Waals surface area contributed by atoms with Crippen molar-refractivity contribution < 1.29 is 0 Å². The SMILES string of the molecule is CNSc1ccc(Br)c(C)c1. The van der Waals surface area contributed by atoms with Gasteiger partial charge in [0, 0.05) is 9.37 Å². The van der Waals surface area contributed by atoms with E-state index in [4.69, 9.17) is 0 Å². The van der Waals surface area contributed by atoms with Crippen LogP contribution < -0.4 is 4.72 Å². The van der Waals surface area contributed by atoms with Crippen molar-refractivity contribution in [3.63, 3.8) is 0 Å². The van der Waals surface area contributed by atoms with Crippen LogP contribution in [0.5, 0.6) is 0 Å². The second-order valence-corrected chi connectivity index (χ2v) is 4.16. The van der Waals surface area contributed by atoms with Crippen LogP contribution in [0.2, 0.25) is 0 Å². The van der Waals surface area contributed by atoms with Gasteiger partial charge in [0.2, 0.25) is 0 Å². The van der Waals surface area contributed by atoms with E-state index in [1.165, 1.54) is 10.5 Å². The Morgan fingerprint density at radius 3 is 2.73 bits per heavy atom. The zero-order valence-corrected chi connectivity index (χ0v) is 8.92. The maximum Gasteiger partial charge on any atom is 0.0231 e. The summed E-state index contributed by atoms with van der Waals surface area (Å²) in [6.07, 6.45) is 0. The van der Waals surface area contributed by atoms with Crippen LogP contribution in [0.3, 0.4) is 0 Å². The Labute approximate surface area is 79.8 Å². The van der Waals surface area contributed by atoms with E-state index < -0.39 is 0 Å². The van der Waals surface area contributed by atoms with E-state index in [1.807, 2.05) is 7.05 Å². The van der Waals surface area contributed by atoms with Crippen LogP contribution in [-0.4, -0.2) is 7.05 Å². The number of rotatable bonds is 2. The Morgan fingerprint density at radius 2 is 2.18 bits per heavy atom. The van der Waals surface area contributed by atoms with Crippen LogP contribution in [0, 0.1) is 6.92 Å². The molecule has 1 aromatic carbocycles. The summed E-state index contributed by atoms with van der Waals surface area (Å²) < 4.78 is 4.20. The summed E-state index contributed by atoms with van der Waals surface area (Å²) in [7, 11) is 1.92. The van der Waals surface area contributed by atoms with E-state index in [2.05, 4.69) is 45.8 Å². The van der Waals surface area contributed by atoms with Crippen molar-refractivity contribution in [1.82, 2.24) is 4.72 Å². The third-order valence-corrected chi connectivity index (χ3v) is 2.93. The molecule has 0 saturated heterocycles. The molecule has 0 heterocycles. The quantitative estimate of drug-likeness (QED) is 0.786. The molecule has 0 saturated carbocycles. The van der Waals surface area contributed by atoms with Crippen LogP contribution in [0.25, 0.3) is 0 Å². The molecule has 0 aliphatic carbocycles. The molecule has 0 unspecified atom stereocenters. The monoisotopic (exact) mass is 231 g/mol. The van der Waals surface area contributed by atoms with E-state index >= 15 is 0 Å². The lowest BCUT2D eigenvalue weighted by atomic mass is 10.2. The standard InChI is InChI=1S/C8H10BrNS/c1-6-5-7(11-10-2)3-4-8(6)9/h3-5,10H,1-2H3. The number of hydrogen-bond acceptors (Lipinski definition) is 2. The first kappa shape index (κ1) is 9.10. The molecule has 0 aliphatic rings. The average Bonchev–Trinajstić information content (AvgIpc) is 1.98. The minimum absolute atomic E-state index is 1.16. The Bertz CT molecular complexity index is 250. The van der Waals surface area contributed by atoms with Gasteiger partial charge >= 0.3 is 0 Å². The first-order valence-corrected chi connectivity index (χ1v) is 4.94. The second-order valence-electron chi connectivity index (χ2n) is 2.22. The molecule has 3 heteroatoms. The summed E-state index contributed by atoms with van der Waals surface area (Å²) in [6, 6.07) is 6.29. The lowest BCUT2D eigenvalue weighted by molar-refractivity contribution is 1.26.